The molecule has 0 spiro atoms. The van der Waals surface area contributed by atoms with Crippen molar-refractivity contribution in [2.45, 2.75) is 69.6 Å². The largest absolute Gasteiger partial charge is 0.394 e. The van der Waals surface area contributed by atoms with Gasteiger partial charge in [-0.2, -0.15) is 13.2 Å². The average molecular weight is 485 g/mol. The Kier molecular flexibility index (Phi) is 4.75. The number of ether oxygens (including phenoxy) is 1. The van der Waals surface area contributed by atoms with Crippen molar-refractivity contribution in [1.29, 1.82) is 0 Å². The second-order valence-electron chi connectivity index (χ2n) is 10.7. The summed E-state index contributed by atoms with van der Waals surface area (Å²) in [6.07, 6.45) is -1.12. The van der Waals surface area contributed by atoms with Gasteiger partial charge in [0.25, 0.3) is 5.56 Å². The van der Waals surface area contributed by atoms with Crippen LogP contribution in [0.15, 0.2) is 29.2 Å². The Morgan fingerprint density at radius 1 is 1.14 bits per heavy atom. The fourth-order valence-corrected chi connectivity index (χ4v) is 6.41. The molecule has 3 saturated carbocycles. The van der Waals surface area contributed by atoms with Gasteiger partial charge < -0.3 is 4.74 Å². The lowest BCUT2D eigenvalue weighted by Crippen LogP contribution is -2.70. The summed E-state index contributed by atoms with van der Waals surface area (Å²) in [5, 5.41) is 0.366. The lowest BCUT2D eigenvalue weighted by Gasteiger charge is -2.70. The van der Waals surface area contributed by atoms with E-state index in [4.69, 9.17) is 9.72 Å². The van der Waals surface area contributed by atoms with Crippen molar-refractivity contribution < 1.29 is 17.9 Å². The van der Waals surface area contributed by atoms with E-state index in [2.05, 4.69) is 9.97 Å². The number of hydrogen-bond acceptors (Lipinski definition) is 5. The average Bonchev–Trinajstić information content (AvgIpc) is 2.74. The molecule has 0 radical (unpaired) electrons. The molecule has 184 valence electrons. The molecule has 35 heavy (non-hydrogen) atoms. The number of pyridine rings is 2. The summed E-state index contributed by atoms with van der Waals surface area (Å²) in [5.74, 6) is 0.618. The first-order valence-corrected chi connectivity index (χ1v) is 12.0. The Balaban J connectivity index is 1.43. The SMILES string of the molecule is Cc1cc([C@@H]2C[C@@H](c3cc4nc(C)n(C)c(=O)c4c(C45CC(C(F)(F)F)(C4)C5)n3)CCO2)ccn1. The van der Waals surface area contributed by atoms with E-state index in [9.17, 15) is 18.0 Å². The lowest BCUT2D eigenvalue weighted by molar-refractivity contribution is -0.337. The van der Waals surface area contributed by atoms with E-state index in [1.165, 1.54) is 4.57 Å². The smallest absolute Gasteiger partial charge is 0.373 e. The molecule has 3 aromatic heterocycles. The van der Waals surface area contributed by atoms with E-state index < -0.39 is 17.0 Å². The van der Waals surface area contributed by atoms with Gasteiger partial charge in [0.2, 0.25) is 0 Å². The molecule has 7 rings (SSSR count). The van der Waals surface area contributed by atoms with E-state index in [0.29, 0.717) is 35.4 Å². The van der Waals surface area contributed by atoms with Gasteiger partial charge in [0.15, 0.2) is 0 Å². The van der Waals surface area contributed by atoms with Gasteiger partial charge in [-0.3, -0.25) is 19.3 Å². The second-order valence-corrected chi connectivity index (χ2v) is 10.7. The minimum atomic E-state index is -4.22. The normalized spacial score (nSPS) is 30.1. The molecule has 0 amide bonds. The Morgan fingerprint density at radius 3 is 2.57 bits per heavy atom. The summed E-state index contributed by atoms with van der Waals surface area (Å²) in [6.45, 7) is 4.25. The van der Waals surface area contributed by atoms with E-state index >= 15 is 0 Å². The number of aromatic nitrogens is 4. The summed E-state index contributed by atoms with van der Waals surface area (Å²) in [7, 11) is 1.64. The second kappa shape index (κ2) is 7.35. The quantitative estimate of drug-likeness (QED) is 0.526. The van der Waals surface area contributed by atoms with E-state index in [-0.39, 0.29) is 36.8 Å². The number of alkyl halides is 3. The Labute approximate surface area is 200 Å². The summed E-state index contributed by atoms with van der Waals surface area (Å²) in [5.41, 5.74) is 1.23. The summed E-state index contributed by atoms with van der Waals surface area (Å²) < 4.78 is 48.3. The molecule has 1 aliphatic heterocycles. The topological polar surface area (TPSA) is 69.9 Å². The van der Waals surface area contributed by atoms with Crippen molar-refractivity contribution in [2.24, 2.45) is 12.5 Å². The highest BCUT2D eigenvalue weighted by Crippen LogP contribution is 2.78. The Hall–Kier alpha value is -2.81. The van der Waals surface area contributed by atoms with E-state index in [1.807, 2.05) is 25.1 Å². The minimum absolute atomic E-state index is 0.00121. The molecular formula is C26H27F3N4O2. The van der Waals surface area contributed by atoms with Crippen LogP contribution >= 0.6 is 0 Å². The van der Waals surface area contributed by atoms with Crippen LogP contribution in [0.3, 0.4) is 0 Å². The molecule has 4 fully saturated rings. The fraction of sp³-hybridized carbons (Fsp3) is 0.538. The molecule has 2 atom stereocenters. The van der Waals surface area contributed by atoms with Crippen LogP contribution in [0.1, 0.15) is 72.6 Å². The van der Waals surface area contributed by atoms with Crippen LogP contribution < -0.4 is 5.56 Å². The molecule has 9 heteroatoms. The maximum Gasteiger partial charge on any atom is 0.394 e. The van der Waals surface area contributed by atoms with Crippen LogP contribution in [0.25, 0.3) is 10.9 Å². The van der Waals surface area contributed by atoms with Gasteiger partial charge in [-0.1, -0.05) is 0 Å². The number of halogens is 3. The van der Waals surface area contributed by atoms with Crippen LogP contribution in [0.4, 0.5) is 13.2 Å². The standard InChI is InChI=1S/C26H27F3N4O2/c1-14-8-17(4-6-30-14)20-9-16(5-7-35-20)18-10-19-21(23(34)33(3)15(2)31-19)22(32-18)24-11-25(12-24,13-24)26(27,28)29/h4,6,8,10,16,20H,5,7,9,11-13H2,1-3H3/t16-,20-,24?,25?/m0/s1. The third-order valence-electron chi connectivity index (χ3n) is 8.43. The summed E-state index contributed by atoms with van der Waals surface area (Å²) >= 11 is 0. The third-order valence-corrected chi connectivity index (χ3v) is 8.43. The first-order valence-electron chi connectivity index (χ1n) is 12.0. The van der Waals surface area contributed by atoms with Crippen molar-refractivity contribution in [2.75, 3.05) is 6.61 Å². The number of rotatable bonds is 3. The van der Waals surface area contributed by atoms with Gasteiger partial charge in [-0.05, 0) is 69.7 Å². The number of hydrogen-bond donors (Lipinski definition) is 0. The number of aryl methyl sites for hydroxylation is 2. The fourth-order valence-electron chi connectivity index (χ4n) is 6.41. The molecule has 3 aliphatic carbocycles. The number of fused-ring (bicyclic) bond motifs is 1. The molecule has 6 nitrogen and oxygen atoms in total. The van der Waals surface area contributed by atoms with Crippen LogP contribution in [-0.4, -0.2) is 32.3 Å². The molecule has 0 N–H and O–H groups in total. The molecular weight excluding hydrogens is 457 g/mol. The van der Waals surface area contributed by atoms with Crippen molar-refractivity contribution in [3.8, 4) is 0 Å². The van der Waals surface area contributed by atoms with Gasteiger partial charge >= 0.3 is 6.18 Å². The zero-order valence-corrected chi connectivity index (χ0v) is 19.9. The molecule has 1 saturated heterocycles. The zero-order chi connectivity index (χ0) is 24.8. The van der Waals surface area contributed by atoms with Gasteiger partial charge in [0.05, 0.1) is 28.1 Å². The van der Waals surface area contributed by atoms with Crippen molar-refractivity contribution >= 4 is 10.9 Å². The highest BCUT2D eigenvalue weighted by atomic mass is 19.4. The van der Waals surface area contributed by atoms with Crippen molar-refractivity contribution in [3.63, 3.8) is 0 Å². The molecule has 0 aromatic carbocycles. The first-order chi connectivity index (χ1) is 16.5. The molecule has 3 aromatic rings. The van der Waals surface area contributed by atoms with Crippen LogP contribution in [-0.2, 0) is 17.2 Å². The summed E-state index contributed by atoms with van der Waals surface area (Å²) in [6, 6.07) is 5.83. The Bertz CT molecular complexity index is 1390. The molecule has 2 bridgehead atoms. The van der Waals surface area contributed by atoms with Gasteiger partial charge in [0.1, 0.15) is 5.82 Å². The predicted octanol–water partition coefficient (Wildman–Crippen LogP) is 4.96. The van der Waals surface area contributed by atoms with Crippen LogP contribution in [0, 0.1) is 19.3 Å². The molecule has 0 unspecified atom stereocenters. The minimum Gasteiger partial charge on any atom is -0.373 e. The highest BCUT2D eigenvalue weighted by Gasteiger charge is 2.79. The van der Waals surface area contributed by atoms with Crippen LogP contribution in [0.5, 0.6) is 0 Å². The van der Waals surface area contributed by atoms with E-state index in [0.717, 1.165) is 23.4 Å². The maximum absolute atomic E-state index is 13.6. The van der Waals surface area contributed by atoms with Gasteiger partial charge in [-0.15, -0.1) is 0 Å². The summed E-state index contributed by atoms with van der Waals surface area (Å²) in [4.78, 5) is 27.1. The van der Waals surface area contributed by atoms with Gasteiger partial charge in [-0.25, -0.2) is 4.98 Å². The van der Waals surface area contributed by atoms with Crippen LogP contribution in [0.2, 0.25) is 0 Å². The predicted molar refractivity (Wildman–Crippen MR) is 123 cm³/mol. The van der Waals surface area contributed by atoms with Gasteiger partial charge in [0, 0.05) is 42.6 Å². The van der Waals surface area contributed by atoms with E-state index in [1.54, 1.807) is 20.2 Å². The van der Waals surface area contributed by atoms with Crippen molar-refractivity contribution in [1.82, 2.24) is 19.5 Å². The zero-order valence-electron chi connectivity index (χ0n) is 19.9. The third kappa shape index (κ3) is 3.27. The maximum atomic E-state index is 13.6. The Morgan fingerprint density at radius 2 is 1.89 bits per heavy atom. The monoisotopic (exact) mass is 484 g/mol. The molecule has 4 heterocycles. The number of nitrogens with zero attached hydrogens (tertiary/aromatic N) is 4. The van der Waals surface area contributed by atoms with Crippen molar-refractivity contribution in [3.05, 3.63) is 63.2 Å². The highest BCUT2D eigenvalue weighted by molar-refractivity contribution is 5.82. The first kappa shape index (κ1) is 22.6. The lowest BCUT2D eigenvalue weighted by atomic mass is 9.33. The molecule has 4 aliphatic rings.